The standard InChI is InChI=1S/C27H21F4N3O3S/c28-22-4-2-1-3-21(22)23-16-38-26(33-23)34(20-11-9-19(10-12-20)27(29,30)31)15-17-5-7-18(8-6-17)25(37)32-14-13-24(35)36/h1-12,16H,13-15H2,(H,32,37)(H,35,36). The van der Waals surface area contributed by atoms with Gasteiger partial charge in [-0.3, -0.25) is 9.59 Å². The van der Waals surface area contributed by atoms with Crippen LogP contribution in [0.25, 0.3) is 11.3 Å². The molecule has 0 saturated carbocycles. The molecule has 0 saturated heterocycles. The molecule has 0 aliphatic heterocycles. The molecule has 0 radical (unpaired) electrons. The zero-order chi connectivity index (χ0) is 27.3. The van der Waals surface area contributed by atoms with Gasteiger partial charge in [-0.05, 0) is 54.1 Å². The van der Waals surface area contributed by atoms with Gasteiger partial charge in [0.2, 0.25) is 0 Å². The zero-order valence-electron chi connectivity index (χ0n) is 19.7. The number of nitrogens with zero attached hydrogens (tertiary/aromatic N) is 2. The van der Waals surface area contributed by atoms with Gasteiger partial charge in [-0.1, -0.05) is 24.3 Å². The summed E-state index contributed by atoms with van der Waals surface area (Å²) in [4.78, 5) is 29.1. The Bertz CT molecular complexity index is 1420. The normalized spacial score (nSPS) is 11.3. The molecule has 38 heavy (non-hydrogen) atoms. The van der Waals surface area contributed by atoms with Gasteiger partial charge in [-0.15, -0.1) is 11.3 Å². The summed E-state index contributed by atoms with van der Waals surface area (Å²) >= 11 is 1.22. The van der Waals surface area contributed by atoms with Gasteiger partial charge in [-0.2, -0.15) is 13.2 Å². The average Bonchev–Trinajstić information content (AvgIpc) is 3.37. The lowest BCUT2D eigenvalue weighted by atomic mass is 10.1. The number of hydrogen-bond donors (Lipinski definition) is 2. The maximum absolute atomic E-state index is 14.3. The fourth-order valence-electron chi connectivity index (χ4n) is 3.61. The summed E-state index contributed by atoms with van der Waals surface area (Å²) < 4.78 is 53.7. The van der Waals surface area contributed by atoms with Crippen molar-refractivity contribution in [2.24, 2.45) is 0 Å². The Labute approximate surface area is 219 Å². The number of aliphatic carboxylic acids is 1. The van der Waals surface area contributed by atoms with Crippen molar-refractivity contribution in [3.05, 3.63) is 101 Å². The summed E-state index contributed by atoms with van der Waals surface area (Å²) in [7, 11) is 0. The molecule has 0 unspecified atom stereocenters. The van der Waals surface area contributed by atoms with Gasteiger partial charge < -0.3 is 15.3 Å². The Kier molecular flexibility index (Phi) is 8.06. The molecule has 0 atom stereocenters. The quantitative estimate of drug-likeness (QED) is 0.235. The van der Waals surface area contributed by atoms with Crippen LogP contribution in [0.2, 0.25) is 0 Å². The Hall–Kier alpha value is -4.25. The molecule has 1 amide bonds. The van der Waals surface area contributed by atoms with Crippen molar-refractivity contribution in [1.82, 2.24) is 10.3 Å². The van der Waals surface area contributed by atoms with Crippen LogP contribution in [0.1, 0.15) is 27.9 Å². The van der Waals surface area contributed by atoms with E-state index < -0.39 is 29.4 Å². The molecule has 2 N–H and O–H groups in total. The first-order valence-electron chi connectivity index (χ1n) is 11.4. The number of amides is 1. The van der Waals surface area contributed by atoms with Crippen molar-refractivity contribution in [2.75, 3.05) is 11.4 Å². The largest absolute Gasteiger partial charge is 0.481 e. The van der Waals surface area contributed by atoms with Crippen molar-refractivity contribution >= 4 is 34.0 Å². The first-order chi connectivity index (χ1) is 18.1. The van der Waals surface area contributed by atoms with Crippen LogP contribution in [0.5, 0.6) is 0 Å². The van der Waals surface area contributed by atoms with Crippen molar-refractivity contribution in [1.29, 1.82) is 0 Å². The van der Waals surface area contributed by atoms with Crippen LogP contribution < -0.4 is 10.2 Å². The number of halogens is 4. The fourth-order valence-corrected chi connectivity index (χ4v) is 4.45. The number of carboxylic acid groups (broad SMARTS) is 1. The van der Waals surface area contributed by atoms with Gasteiger partial charge in [-0.25, -0.2) is 9.37 Å². The van der Waals surface area contributed by atoms with Gasteiger partial charge in [0.05, 0.1) is 24.2 Å². The Morgan fingerprint density at radius 1 is 0.974 bits per heavy atom. The van der Waals surface area contributed by atoms with Crippen molar-refractivity contribution in [3.63, 3.8) is 0 Å². The number of hydrogen-bond acceptors (Lipinski definition) is 5. The van der Waals surface area contributed by atoms with Gasteiger partial charge in [0.25, 0.3) is 5.91 Å². The second-order valence-corrected chi connectivity index (χ2v) is 9.06. The molecule has 3 aromatic carbocycles. The van der Waals surface area contributed by atoms with Gasteiger partial charge in [0, 0.05) is 28.7 Å². The smallest absolute Gasteiger partial charge is 0.416 e. The number of carbonyl (C=O) groups excluding carboxylic acids is 1. The lowest BCUT2D eigenvalue weighted by Crippen LogP contribution is -2.26. The molecule has 6 nitrogen and oxygen atoms in total. The third-order valence-corrected chi connectivity index (χ3v) is 6.42. The number of aromatic nitrogens is 1. The molecule has 0 spiro atoms. The van der Waals surface area contributed by atoms with E-state index in [2.05, 4.69) is 10.3 Å². The lowest BCUT2D eigenvalue weighted by molar-refractivity contribution is -0.138. The summed E-state index contributed by atoms with van der Waals surface area (Å²) in [6.45, 7) is 0.197. The van der Waals surface area contributed by atoms with Crippen molar-refractivity contribution in [2.45, 2.75) is 19.1 Å². The van der Waals surface area contributed by atoms with E-state index in [4.69, 9.17) is 5.11 Å². The minimum atomic E-state index is -4.48. The fraction of sp³-hybridized carbons (Fsp3) is 0.148. The van der Waals surface area contributed by atoms with Crippen molar-refractivity contribution < 1.29 is 32.3 Å². The first-order valence-corrected chi connectivity index (χ1v) is 12.2. The summed E-state index contributed by atoms with van der Waals surface area (Å²) in [5.74, 6) is -1.89. The number of carbonyl (C=O) groups is 2. The SMILES string of the molecule is O=C(O)CCNC(=O)c1ccc(CN(c2ccc(C(F)(F)F)cc2)c2nc(-c3ccccc3F)cs2)cc1. The summed E-state index contributed by atoms with van der Waals surface area (Å²) in [5, 5.41) is 13.3. The molecule has 4 aromatic rings. The van der Waals surface area contributed by atoms with Crippen LogP contribution >= 0.6 is 11.3 Å². The van der Waals surface area contributed by atoms with Gasteiger partial charge >= 0.3 is 12.1 Å². The zero-order valence-corrected chi connectivity index (χ0v) is 20.5. The summed E-state index contributed by atoms with van der Waals surface area (Å²) in [6.07, 6.45) is -4.68. The molecule has 0 fully saturated rings. The number of carboxylic acids is 1. The highest BCUT2D eigenvalue weighted by molar-refractivity contribution is 7.14. The maximum atomic E-state index is 14.3. The monoisotopic (exact) mass is 543 g/mol. The molecule has 196 valence electrons. The number of anilines is 2. The Morgan fingerprint density at radius 2 is 1.66 bits per heavy atom. The molecule has 0 aliphatic rings. The molecule has 1 heterocycles. The van der Waals surface area contributed by atoms with Crippen molar-refractivity contribution in [3.8, 4) is 11.3 Å². The number of benzene rings is 3. The molecule has 1 aromatic heterocycles. The molecule has 11 heteroatoms. The van der Waals surface area contributed by atoms with E-state index in [-0.39, 0.29) is 19.5 Å². The van der Waals surface area contributed by atoms with Gasteiger partial charge in [0.15, 0.2) is 5.13 Å². The molecular formula is C27H21F4N3O3S. The van der Waals surface area contributed by atoms with Crippen LogP contribution in [-0.4, -0.2) is 28.5 Å². The third-order valence-electron chi connectivity index (χ3n) is 5.56. The first kappa shape index (κ1) is 26.8. The number of rotatable bonds is 9. The Morgan fingerprint density at radius 3 is 2.29 bits per heavy atom. The summed E-state index contributed by atoms with van der Waals surface area (Å²) in [5.41, 5.74) is 1.42. The van der Waals surface area contributed by atoms with E-state index in [1.807, 2.05) is 0 Å². The van der Waals surface area contributed by atoms with Crippen LogP contribution in [0, 0.1) is 5.82 Å². The number of thiazole rings is 1. The topological polar surface area (TPSA) is 82.5 Å². The van der Waals surface area contributed by atoms with Crippen LogP contribution in [0.15, 0.2) is 78.2 Å². The highest BCUT2D eigenvalue weighted by Crippen LogP contribution is 2.36. The predicted octanol–water partition coefficient (Wildman–Crippen LogP) is 6.51. The van der Waals surface area contributed by atoms with E-state index in [0.29, 0.717) is 27.6 Å². The molecule has 0 bridgehead atoms. The van der Waals surface area contributed by atoms with Gasteiger partial charge in [0.1, 0.15) is 5.82 Å². The number of nitrogens with one attached hydrogen (secondary N) is 1. The predicted molar refractivity (Wildman–Crippen MR) is 136 cm³/mol. The van der Waals surface area contributed by atoms with Crippen LogP contribution in [0.4, 0.5) is 28.4 Å². The molecular weight excluding hydrogens is 522 g/mol. The third kappa shape index (κ3) is 6.54. The number of alkyl halides is 3. The van der Waals surface area contributed by atoms with E-state index in [1.165, 1.54) is 29.5 Å². The van der Waals surface area contributed by atoms with E-state index in [0.717, 1.165) is 17.7 Å². The molecule has 4 rings (SSSR count). The Balaban J connectivity index is 1.61. The lowest BCUT2D eigenvalue weighted by Gasteiger charge is -2.23. The minimum absolute atomic E-state index is 0.00793. The maximum Gasteiger partial charge on any atom is 0.416 e. The second-order valence-electron chi connectivity index (χ2n) is 8.22. The molecule has 0 aliphatic carbocycles. The highest BCUT2D eigenvalue weighted by Gasteiger charge is 2.30. The highest BCUT2D eigenvalue weighted by atomic mass is 32.1. The second kappa shape index (κ2) is 11.4. The van der Waals surface area contributed by atoms with E-state index in [9.17, 15) is 27.2 Å². The average molecular weight is 544 g/mol. The van der Waals surface area contributed by atoms with E-state index >= 15 is 0 Å². The van der Waals surface area contributed by atoms with Crippen LogP contribution in [-0.2, 0) is 17.5 Å². The van der Waals surface area contributed by atoms with Crippen LogP contribution in [0.3, 0.4) is 0 Å². The minimum Gasteiger partial charge on any atom is -0.481 e. The summed E-state index contributed by atoms with van der Waals surface area (Å²) in [6, 6.07) is 17.3. The van der Waals surface area contributed by atoms with E-state index in [1.54, 1.807) is 52.7 Å².